The molecule has 0 aliphatic heterocycles. The first-order valence-corrected chi connectivity index (χ1v) is 8.05. The standard InChI is InChI=1S/C17H22N4O2/c1-22-11-4-3-10(16(5-11)23-2)8-21-9-19-20-17(21)14-7-15(18)13-6-12(13)14/h3-5,9,12-15H,6-8,18H2,1-2H3/t12-,13+,14+,15-/m1/s1. The fourth-order valence-electron chi connectivity index (χ4n) is 3.97. The van der Waals surface area contributed by atoms with Crippen molar-refractivity contribution in [3.8, 4) is 11.5 Å². The molecule has 0 radical (unpaired) electrons. The summed E-state index contributed by atoms with van der Waals surface area (Å²) in [7, 11) is 3.33. The van der Waals surface area contributed by atoms with Gasteiger partial charge in [-0.25, -0.2) is 0 Å². The average Bonchev–Trinajstić information content (AvgIpc) is 3.13. The Kier molecular flexibility index (Phi) is 3.49. The molecular weight excluding hydrogens is 292 g/mol. The Labute approximate surface area is 135 Å². The number of fused-ring (bicyclic) bond motifs is 1. The number of nitrogens with zero attached hydrogens (tertiary/aromatic N) is 3. The van der Waals surface area contributed by atoms with Crippen LogP contribution in [0.15, 0.2) is 24.5 Å². The molecule has 2 aliphatic carbocycles. The molecule has 4 rings (SSSR count). The second-order valence-corrected chi connectivity index (χ2v) is 6.56. The largest absolute Gasteiger partial charge is 0.497 e. The van der Waals surface area contributed by atoms with Gasteiger partial charge in [0.05, 0.1) is 20.8 Å². The quantitative estimate of drug-likeness (QED) is 0.910. The van der Waals surface area contributed by atoms with E-state index in [1.807, 2.05) is 18.2 Å². The molecule has 0 saturated heterocycles. The molecule has 4 atom stereocenters. The Balaban J connectivity index is 1.60. The molecule has 2 aliphatic rings. The van der Waals surface area contributed by atoms with Gasteiger partial charge in [-0.1, -0.05) is 0 Å². The van der Waals surface area contributed by atoms with Crippen LogP contribution in [-0.4, -0.2) is 35.0 Å². The van der Waals surface area contributed by atoms with Gasteiger partial charge in [0.1, 0.15) is 23.7 Å². The molecule has 0 unspecified atom stereocenters. The second-order valence-electron chi connectivity index (χ2n) is 6.56. The van der Waals surface area contributed by atoms with E-state index in [-0.39, 0.29) is 0 Å². The van der Waals surface area contributed by atoms with E-state index in [9.17, 15) is 0 Å². The van der Waals surface area contributed by atoms with E-state index in [1.54, 1.807) is 20.5 Å². The highest BCUT2D eigenvalue weighted by Gasteiger charge is 2.54. The van der Waals surface area contributed by atoms with Crippen LogP contribution in [0, 0.1) is 11.8 Å². The summed E-state index contributed by atoms with van der Waals surface area (Å²) in [5.74, 6) is 4.50. The highest BCUT2D eigenvalue weighted by molar-refractivity contribution is 5.41. The normalized spacial score (nSPS) is 28.5. The summed E-state index contributed by atoms with van der Waals surface area (Å²) in [5, 5.41) is 8.52. The minimum atomic E-state index is 0.325. The zero-order valence-corrected chi connectivity index (χ0v) is 13.5. The molecule has 2 fully saturated rings. The maximum Gasteiger partial charge on any atom is 0.136 e. The molecule has 23 heavy (non-hydrogen) atoms. The van der Waals surface area contributed by atoms with Crippen LogP contribution in [0.5, 0.6) is 11.5 Å². The number of nitrogens with two attached hydrogens (primary N) is 1. The maximum atomic E-state index is 6.21. The molecule has 122 valence electrons. The Morgan fingerprint density at radius 3 is 2.74 bits per heavy atom. The van der Waals surface area contributed by atoms with Crippen molar-refractivity contribution >= 4 is 0 Å². The molecule has 1 heterocycles. The van der Waals surface area contributed by atoms with Gasteiger partial charge in [0.2, 0.25) is 0 Å². The van der Waals surface area contributed by atoms with Gasteiger partial charge in [-0.05, 0) is 36.8 Å². The van der Waals surface area contributed by atoms with Crippen molar-refractivity contribution in [2.24, 2.45) is 17.6 Å². The predicted molar refractivity (Wildman–Crippen MR) is 85.6 cm³/mol. The highest BCUT2D eigenvalue weighted by atomic mass is 16.5. The molecule has 6 heteroatoms. The lowest BCUT2D eigenvalue weighted by atomic mass is 10.0. The molecule has 0 bridgehead atoms. The zero-order valence-electron chi connectivity index (χ0n) is 13.5. The van der Waals surface area contributed by atoms with E-state index in [1.165, 1.54) is 6.42 Å². The smallest absolute Gasteiger partial charge is 0.136 e. The van der Waals surface area contributed by atoms with Crippen molar-refractivity contribution in [3.63, 3.8) is 0 Å². The molecule has 1 aromatic carbocycles. The third-order valence-electron chi connectivity index (χ3n) is 5.30. The van der Waals surface area contributed by atoms with Gasteiger partial charge in [-0.3, -0.25) is 0 Å². The Morgan fingerprint density at radius 2 is 2.09 bits per heavy atom. The van der Waals surface area contributed by atoms with Gasteiger partial charge in [0.15, 0.2) is 0 Å². The lowest BCUT2D eigenvalue weighted by molar-refractivity contribution is 0.389. The fourth-order valence-corrected chi connectivity index (χ4v) is 3.97. The number of hydrogen-bond acceptors (Lipinski definition) is 5. The van der Waals surface area contributed by atoms with Gasteiger partial charge in [0, 0.05) is 23.6 Å². The first-order chi connectivity index (χ1) is 11.2. The number of rotatable bonds is 5. The zero-order chi connectivity index (χ0) is 16.0. The van der Waals surface area contributed by atoms with Crippen molar-refractivity contribution < 1.29 is 9.47 Å². The van der Waals surface area contributed by atoms with Gasteiger partial charge >= 0.3 is 0 Å². The van der Waals surface area contributed by atoms with E-state index >= 15 is 0 Å². The fraction of sp³-hybridized carbons (Fsp3) is 0.529. The molecule has 0 amide bonds. The summed E-state index contributed by atoms with van der Waals surface area (Å²) in [6.07, 6.45) is 4.07. The highest BCUT2D eigenvalue weighted by Crippen LogP contribution is 2.58. The number of ether oxygens (including phenoxy) is 2. The van der Waals surface area contributed by atoms with Crippen molar-refractivity contribution in [2.45, 2.75) is 31.3 Å². The lowest BCUT2D eigenvalue weighted by Crippen LogP contribution is -2.20. The summed E-state index contributed by atoms with van der Waals surface area (Å²) in [6.45, 7) is 0.693. The molecule has 2 N–H and O–H groups in total. The van der Waals surface area contributed by atoms with Crippen LogP contribution in [0.25, 0.3) is 0 Å². The van der Waals surface area contributed by atoms with Crippen LogP contribution >= 0.6 is 0 Å². The predicted octanol–water partition coefficient (Wildman–Crippen LogP) is 1.79. The van der Waals surface area contributed by atoms with Crippen molar-refractivity contribution in [1.82, 2.24) is 14.8 Å². The van der Waals surface area contributed by atoms with Crippen molar-refractivity contribution in [3.05, 3.63) is 35.9 Å². The Morgan fingerprint density at radius 1 is 1.22 bits per heavy atom. The third-order valence-corrected chi connectivity index (χ3v) is 5.30. The summed E-state index contributed by atoms with van der Waals surface area (Å²) in [5.41, 5.74) is 7.29. The average molecular weight is 314 g/mol. The summed E-state index contributed by atoms with van der Waals surface area (Å²) < 4.78 is 12.9. The first-order valence-electron chi connectivity index (χ1n) is 8.05. The summed E-state index contributed by atoms with van der Waals surface area (Å²) in [6, 6.07) is 6.21. The number of methoxy groups -OCH3 is 2. The van der Waals surface area contributed by atoms with Crippen LogP contribution in [-0.2, 0) is 6.54 Å². The van der Waals surface area contributed by atoms with E-state index < -0.39 is 0 Å². The van der Waals surface area contributed by atoms with Crippen LogP contribution in [0.3, 0.4) is 0 Å². The van der Waals surface area contributed by atoms with Crippen molar-refractivity contribution in [1.29, 1.82) is 0 Å². The van der Waals surface area contributed by atoms with E-state index in [2.05, 4.69) is 14.8 Å². The molecule has 1 aromatic heterocycles. The van der Waals surface area contributed by atoms with Crippen molar-refractivity contribution in [2.75, 3.05) is 14.2 Å². The van der Waals surface area contributed by atoms with Crippen LogP contribution in [0.4, 0.5) is 0 Å². The number of aromatic nitrogens is 3. The minimum Gasteiger partial charge on any atom is -0.497 e. The van der Waals surface area contributed by atoms with Gasteiger partial charge < -0.3 is 19.8 Å². The molecular formula is C17H22N4O2. The van der Waals surface area contributed by atoms with Gasteiger partial charge in [-0.15, -0.1) is 10.2 Å². The Bertz CT molecular complexity index is 714. The van der Waals surface area contributed by atoms with Crippen LogP contribution < -0.4 is 15.2 Å². The second kappa shape index (κ2) is 5.53. The minimum absolute atomic E-state index is 0.325. The molecule has 2 aromatic rings. The molecule has 0 spiro atoms. The van der Waals surface area contributed by atoms with Gasteiger partial charge in [-0.2, -0.15) is 0 Å². The molecule has 2 saturated carbocycles. The number of hydrogen-bond donors (Lipinski definition) is 1. The first kappa shape index (κ1) is 14.5. The lowest BCUT2D eigenvalue weighted by Gasteiger charge is -2.16. The van der Waals surface area contributed by atoms with Crippen LogP contribution in [0.2, 0.25) is 0 Å². The maximum absolute atomic E-state index is 6.21. The van der Waals surface area contributed by atoms with E-state index in [0.29, 0.717) is 30.3 Å². The third kappa shape index (κ3) is 2.47. The monoisotopic (exact) mass is 314 g/mol. The van der Waals surface area contributed by atoms with E-state index in [0.717, 1.165) is 29.3 Å². The Hall–Kier alpha value is -2.08. The molecule has 6 nitrogen and oxygen atoms in total. The SMILES string of the molecule is COc1ccc(Cn2cnnc2[C@H]2C[C@@H](N)[C@H]3C[C@H]32)c(OC)c1. The topological polar surface area (TPSA) is 75.2 Å². The number of benzene rings is 1. The summed E-state index contributed by atoms with van der Waals surface area (Å²) in [4.78, 5) is 0. The summed E-state index contributed by atoms with van der Waals surface area (Å²) >= 11 is 0. The van der Waals surface area contributed by atoms with E-state index in [4.69, 9.17) is 15.2 Å². The van der Waals surface area contributed by atoms with Crippen LogP contribution in [0.1, 0.15) is 30.1 Å². The van der Waals surface area contributed by atoms with Gasteiger partial charge in [0.25, 0.3) is 0 Å².